The molecule has 0 aromatic heterocycles. The minimum atomic E-state index is -0.775. The van der Waals surface area contributed by atoms with E-state index in [2.05, 4.69) is 10.6 Å². The van der Waals surface area contributed by atoms with Crippen molar-refractivity contribution >= 4 is 18.3 Å². The van der Waals surface area contributed by atoms with Gasteiger partial charge >= 0.3 is 6.09 Å². The zero-order valence-corrected chi connectivity index (χ0v) is 16.0. The maximum atomic E-state index is 12.6. The van der Waals surface area contributed by atoms with Crippen LogP contribution in [0, 0.1) is 11.8 Å². The minimum Gasteiger partial charge on any atom is -0.445 e. The molecule has 0 saturated heterocycles. The van der Waals surface area contributed by atoms with Gasteiger partial charge in [-0.1, -0.05) is 70.9 Å². The number of benzene rings is 1. The van der Waals surface area contributed by atoms with Crippen LogP contribution in [0.1, 0.15) is 46.1 Å². The summed E-state index contributed by atoms with van der Waals surface area (Å²) in [5.41, 5.74) is 0.861. The zero-order valence-electron chi connectivity index (χ0n) is 16.0. The highest BCUT2D eigenvalue weighted by Gasteiger charge is 2.29. The first-order chi connectivity index (χ1) is 12.4. The van der Waals surface area contributed by atoms with E-state index < -0.39 is 24.1 Å². The number of alkyl carbamates (subject to hydrolysis) is 1. The molecule has 1 radical (unpaired) electrons. The molecule has 0 unspecified atom stereocenters. The molecule has 2 N–H and O–H groups in total. The second-order valence-corrected chi connectivity index (χ2v) is 6.56. The molecule has 0 bridgehead atoms. The van der Waals surface area contributed by atoms with Crippen molar-refractivity contribution in [2.45, 2.75) is 59.2 Å². The van der Waals surface area contributed by atoms with Gasteiger partial charge in [-0.15, -0.1) is 0 Å². The Morgan fingerprint density at radius 2 is 1.65 bits per heavy atom. The van der Waals surface area contributed by atoms with Gasteiger partial charge in [0, 0.05) is 0 Å². The number of carbonyl (C=O) groups is 2. The van der Waals surface area contributed by atoms with E-state index in [1.54, 1.807) is 0 Å². The van der Waals surface area contributed by atoms with Crippen LogP contribution in [-0.2, 0) is 20.9 Å². The van der Waals surface area contributed by atoms with E-state index in [1.807, 2.05) is 64.3 Å². The third kappa shape index (κ3) is 6.86. The molecule has 1 rings (SSSR count). The number of nitrogens with one attached hydrogen (secondary N) is 2. The lowest BCUT2D eigenvalue weighted by molar-refractivity contribution is -0.124. The molecule has 0 spiro atoms. The predicted octanol–water partition coefficient (Wildman–Crippen LogP) is 2.97. The van der Waals surface area contributed by atoms with Crippen LogP contribution in [0.5, 0.6) is 0 Å². The topological polar surface area (TPSA) is 84.5 Å². The summed E-state index contributed by atoms with van der Waals surface area (Å²) in [5, 5.41) is 5.30. The van der Waals surface area contributed by atoms with E-state index in [-0.39, 0.29) is 18.4 Å². The van der Waals surface area contributed by atoms with Crippen molar-refractivity contribution in [2.24, 2.45) is 11.8 Å². The van der Waals surface area contributed by atoms with Crippen molar-refractivity contribution in [3.63, 3.8) is 0 Å². The van der Waals surface area contributed by atoms with Crippen LogP contribution in [-0.4, -0.2) is 30.4 Å². The van der Waals surface area contributed by atoms with Gasteiger partial charge in [0.25, 0.3) is 0 Å². The lowest BCUT2D eigenvalue weighted by atomic mass is 9.96. The predicted molar refractivity (Wildman–Crippen MR) is 100 cm³/mol. The first kappa shape index (κ1) is 21.7. The van der Waals surface area contributed by atoms with Crippen molar-refractivity contribution < 1.29 is 19.1 Å². The summed E-state index contributed by atoms with van der Waals surface area (Å²) in [6, 6.07) is 7.83. The molecule has 2 amide bonds. The van der Waals surface area contributed by atoms with Gasteiger partial charge in [0.2, 0.25) is 12.2 Å². The lowest BCUT2D eigenvalue weighted by Crippen LogP contribution is -2.54. The smallest absolute Gasteiger partial charge is 0.408 e. The van der Waals surface area contributed by atoms with Gasteiger partial charge < -0.3 is 15.4 Å². The molecule has 143 valence electrons. The highest BCUT2D eigenvalue weighted by Crippen LogP contribution is 2.11. The Kier molecular flexibility index (Phi) is 9.41. The Labute approximate surface area is 155 Å². The Morgan fingerprint density at radius 3 is 2.19 bits per heavy atom. The Hall–Kier alpha value is -2.37. The van der Waals surface area contributed by atoms with Crippen molar-refractivity contribution in [2.75, 3.05) is 0 Å². The molecule has 1 aromatic carbocycles. The molecule has 0 heterocycles. The highest BCUT2D eigenvalue weighted by atomic mass is 16.5. The standard InChI is InChI=1S/C20H29N2O4/c1-5-14(3)17(12-23)21-19(24)18(15(4)6-2)22-20(25)26-13-16-10-8-7-9-11-16/h7-11,14-15,17-18H,5-6,13H2,1-4H3,(H,21,24)(H,22,25)/t14-,15-,17+,18-/m0/s1. The number of rotatable bonds is 10. The third-order valence-electron chi connectivity index (χ3n) is 4.62. The molecule has 0 aliphatic carbocycles. The van der Waals surface area contributed by atoms with E-state index in [1.165, 1.54) is 0 Å². The van der Waals surface area contributed by atoms with E-state index in [0.29, 0.717) is 6.42 Å². The third-order valence-corrected chi connectivity index (χ3v) is 4.62. The molecular formula is C20H29N2O4. The number of carbonyl (C=O) groups excluding carboxylic acids is 3. The van der Waals surface area contributed by atoms with Crippen LogP contribution in [0.25, 0.3) is 0 Å². The molecule has 6 nitrogen and oxygen atoms in total. The first-order valence-electron chi connectivity index (χ1n) is 9.08. The maximum Gasteiger partial charge on any atom is 0.408 e. The summed E-state index contributed by atoms with van der Waals surface area (Å²) < 4.78 is 5.20. The Bertz CT molecular complexity index is 576. The highest BCUT2D eigenvalue weighted by molar-refractivity contribution is 5.87. The van der Waals surface area contributed by atoms with Gasteiger partial charge in [0.1, 0.15) is 12.6 Å². The summed E-state index contributed by atoms with van der Waals surface area (Å²) in [6.45, 7) is 7.73. The largest absolute Gasteiger partial charge is 0.445 e. The monoisotopic (exact) mass is 361 g/mol. The van der Waals surface area contributed by atoms with Crippen LogP contribution in [0.15, 0.2) is 30.3 Å². The van der Waals surface area contributed by atoms with E-state index in [0.717, 1.165) is 12.0 Å². The zero-order chi connectivity index (χ0) is 19.5. The van der Waals surface area contributed by atoms with Gasteiger partial charge in [-0.05, 0) is 17.4 Å². The molecule has 0 aliphatic heterocycles. The molecule has 6 heteroatoms. The molecule has 0 aliphatic rings. The van der Waals surface area contributed by atoms with Crippen LogP contribution >= 0.6 is 0 Å². The summed E-state index contributed by atoms with van der Waals surface area (Å²) >= 11 is 0. The summed E-state index contributed by atoms with van der Waals surface area (Å²) in [4.78, 5) is 35.8. The minimum absolute atomic E-state index is 0.0286. The summed E-state index contributed by atoms with van der Waals surface area (Å²) in [6.07, 6.45) is 2.63. The van der Waals surface area contributed by atoms with Crippen molar-refractivity contribution in [3.05, 3.63) is 35.9 Å². The maximum absolute atomic E-state index is 12.6. The normalized spacial score (nSPS) is 15.2. The molecule has 1 aromatic rings. The number of ether oxygens (including phenoxy) is 1. The molecule has 0 saturated carbocycles. The molecule has 26 heavy (non-hydrogen) atoms. The van der Waals surface area contributed by atoms with Crippen molar-refractivity contribution in [1.82, 2.24) is 10.6 Å². The number of hydrogen-bond acceptors (Lipinski definition) is 4. The molecular weight excluding hydrogens is 332 g/mol. The van der Waals surface area contributed by atoms with Crippen LogP contribution in [0.3, 0.4) is 0 Å². The second kappa shape index (κ2) is 11.3. The molecule has 4 atom stereocenters. The number of hydrogen-bond donors (Lipinski definition) is 2. The van der Waals surface area contributed by atoms with Crippen LogP contribution in [0.4, 0.5) is 4.79 Å². The fraction of sp³-hybridized carbons (Fsp3) is 0.550. The first-order valence-corrected chi connectivity index (χ1v) is 9.08. The van der Waals surface area contributed by atoms with Gasteiger partial charge in [-0.2, -0.15) is 0 Å². The van der Waals surface area contributed by atoms with Gasteiger partial charge in [-0.25, -0.2) is 4.79 Å². The Balaban J connectivity index is 2.68. The Morgan fingerprint density at radius 1 is 1.04 bits per heavy atom. The average Bonchev–Trinajstić information content (AvgIpc) is 2.67. The summed E-state index contributed by atoms with van der Waals surface area (Å²) in [7, 11) is 0. The van der Waals surface area contributed by atoms with Crippen molar-refractivity contribution in [3.8, 4) is 0 Å². The SMILES string of the molecule is CC[C@H](C)[C@H](NC(=O)OCc1ccccc1)C(=O)N[C@H]([C]=O)[C@@H](C)CC. The molecule has 0 fully saturated rings. The fourth-order valence-corrected chi connectivity index (χ4v) is 2.36. The summed E-state index contributed by atoms with van der Waals surface area (Å²) in [5.74, 6) is -0.535. The van der Waals surface area contributed by atoms with E-state index >= 15 is 0 Å². The lowest BCUT2D eigenvalue weighted by Gasteiger charge is -2.26. The quantitative estimate of drug-likeness (QED) is 0.671. The van der Waals surface area contributed by atoms with Gasteiger partial charge in [0.05, 0.1) is 6.04 Å². The van der Waals surface area contributed by atoms with E-state index in [4.69, 9.17) is 4.74 Å². The second-order valence-electron chi connectivity index (χ2n) is 6.56. The van der Waals surface area contributed by atoms with Crippen LogP contribution in [0.2, 0.25) is 0 Å². The van der Waals surface area contributed by atoms with Gasteiger partial charge in [0.15, 0.2) is 0 Å². The van der Waals surface area contributed by atoms with Crippen molar-refractivity contribution in [1.29, 1.82) is 0 Å². The van der Waals surface area contributed by atoms with E-state index in [9.17, 15) is 14.4 Å². The number of amides is 2. The van der Waals surface area contributed by atoms with Gasteiger partial charge in [-0.3, -0.25) is 9.59 Å². The van der Waals surface area contributed by atoms with Crippen LogP contribution < -0.4 is 10.6 Å². The average molecular weight is 361 g/mol. The fourth-order valence-electron chi connectivity index (χ4n) is 2.36.